The Morgan fingerprint density at radius 2 is 1.40 bits per heavy atom. The summed E-state index contributed by atoms with van der Waals surface area (Å²) >= 11 is 0. The van der Waals surface area contributed by atoms with E-state index >= 15 is 0 Å². The smallest absolute Gasteiger partial charge is 0.251 e. The summed E-state index contributed by atoms with van der Waals surface area (Å²) in [7, 11) is 0. The fourth-order valence-corrected chi connectivity index (χ4v) is 2.95. The summed E-state index contributed by atoms with van der Waals surface area (Å²) < 4.78 is 18.3. The quantitative estimate of drug-likeness (QED) is 0.343. The van der Waals surface area contributed by atoms with E-state index in [1.54, 1.807) is 0 Å². The molecule has 0 saturated carbocycles. The van der Waals surface area contributed by atoms with E-state index in [2.05, 4.69) is 0 Å². The zero-order valence-corrected chi connectivity index (χ0v) is 13.9. The standard InChI is InChI=1S/C14H20FNO9/c1-5(17)12(22)9(10(15)21)25-14(24,7(3)19)11(16-8(4)20)13(12,23)6(2)18/h9-11,21-24H,1-4H3,(H,16,20)/t9-,10?,11-,12+,13-,14+/m1/s1. The highest BCUT2D eigenvalue weighted by Crippen LogP contribution is 2.45. The number of amides is 1. The largest absolute Gasteiger partial charge is 0.377 e. The van der Waals surface area contributed by atoms with Gasteiger partial charge in [-0.3, -0.25) is 19.2 Å². The van der Waals surface area contributed by atoms with Gasteiger partial charge in [-0.15, -0.1) is 0 Å². The number of hydrogen-bond donors (Lipinski definition) is 5. The van der Waals surface area contributed by atoms with Gasteiger partial charge in [0.1, 0.15) is 6.04 Å². The molecule has 0 aliphatic carbocycles. The number of hydrogen-bond acceptors (Lipinski definition) is 9. The second-order valence-corrected chi connectivity index (χ2v) is 5.94. The molecular weight excluding hydrogens is 345 g/mol. The van der Waals surface area contributed by atoms with Crippen molar-refractivity contribution in [1.29, 1.82) is 0 Å². The summed E-state index contributed by atoms with van der Waals surface area (Å²) in [6.45, 7) is 2.96. The first kappa shape index (κ1) is 21.3. The molecule has 0 radical (unpaired) electrons. The third kappa shape index (κ3) is 2.87. The Kier molecular flexibility index (Phi) is 5.52. The number of ketones is 3. The molecule has 1 aliphatic heterocycles. The molecule has 1 saturated heterocycles. The van der Waals surface area contributed by atoms with Gasteiger partial charge in [0.2, 0.25) is 12.3 Å². The number of halogens is 1. The fraction of sp³-hybridized carbons (Fsp3) is 0.714. The van der Waals surface area contributed by atoms with Gasteiger partial charge in [-0.25, -0.2) is 4.39 Å². The van der Waals surface area contributed by atoms with Crippen molar-refractivity contribution in [2.45, 2.75) is 63.2 Å². The molecule has 0 aromatic heterocycles. The van der Waals surface area contributed by atoms with Gasteiger partial charge in [0.25, 0.3) is 5.79 Å². The van der Waals surface area contributed by atoms with Gasteiger partial charge in [-0.1, -0.05) is 0 Å². The third-order valence-electron chi connectivity index (χ3n) is 4.28. The van der Waals surface area contributed by atoms with Crippen molar-refractivity contribution in [3.63, 3.8) is 0 Å². The Bertz CT molecular complexity index is 623. The van der Waals surface area contributed by atoms with E-state index in [0.717, 1.165) is 13.8 Å². The van der Waals surface area contributed by atoms with Crippen LogP contribution in [0, 0.1) is 0 Å². The van der Waals surface area contributed by atoms with Crippen LogP contribution in [0.5, 0.6) is 0 Å². The van der Waals surface area contributed by atoms with Crippen LogP contribution in [0.4, 0.5) is 4.39 Å². The number of carbonyl (C=O) groups excluding carboxylic acids is 4. The molecule has 1 unspecified atom stereocenters. The molecule has 10 nitrogen and oxygen atoms in total. The van der Waals surface area contributed by atoms with Crippen molar-refractivity contribution in [3.8, 4) is 0 Å². The van der Waals surface area contributed by atoms with Crippen molar-refractivity contribution < 1.29 is 48.7 Å². The first-order valence-corrected chi connectivity index (χ1v) is 7.14. The molecule has 142 valence electrons. The zero-order chi connectivity index (χ0) is 20.0. The van der Waals surface area contributed by atoms with Gasteiger partial charge in [0.15, 0.2) is 34.7 Å². The number of nitrogens with one attached hydrogen (secondary N) is 1. The number of aliphatic hydroxyl groups excluding tert-OH is 1. The lowest BCUT2D eigenvalue weighted by Gasteiger charge is -2.56. The number of rotatable bonds is 5. The molecule has 1 rings (SSSR count). The number of Topliss-reactive ketones (excluding diaryl/α,β-unsaturated/α-hetero) is 3. The Balaban J connectivity index is 3.88. The molecule has 6 atom stereocenters. The topological polar surface area (TPSA) is 170 Å². The first-order valence-electron chi connectivity index (χ1n) is 7.14. The van der Waals surface area contributed by atoms with Crippen LogP contribution in [-0.2, 0) is 23.9 Å². The van der Waals surface area contributed by atoms with Crippen LogP contribution in [0.2, 0.25) is 0 Å². The number of alkyl halides is 1. The molecule has 5 N–H and O–H groups in total. The molecule has 0 aromatic rings. The van der Waals surface area contributed by atoms with Gasteiger partial charge in [0.05, 0.1) is 0 Å². The predicted molar refractivity (Wildman–Crippen MR) is 76.5 cm³/mol. The van der Waals surface area contributed by atoms with Crippen molar-refractivity contribution in [2.75, 3.05) is 0 Å². The van der Waals surface area contributed by atoms with E-state index < -0.39 is 58.7 Å². The lowest BCUT2D eigenvalue weighted by molar-refractivity contribution is -0.356. The van der Waals surface area contributed by atoms with Crippen LogP contribution in [-0.4, -0.2) is 79.2 Å². The van der Waals surface area contributed by atoms with Crippen LogP contribution in [0.1, 0.15) is 27.7 Å². The molecular formula is C14H20FNO9. The maximum Gasteiger partial charge on any atom is 0.251 e. The molecule has 1 fully saturated rings. The van der Waals surface area contributed by atoms with Gasteiger partial charge in [0, 0.05) is 13.8 Å². The van der Waals surface area contributed by atoms with Crippen LogP contribution in [0.3, 0.4) is 0 Å². The molecule has 11 heteroatoms. The summed E-state index contributed by atoms with van der Waals surface area (Å²) in [6.07, 6.45) is -5.87. The van der Waals surface area contributed by atoms with Crippen LogP contribution >= 0.6 is 0 Å². The average Bonchev–Trinajstić information content (AvgIpc) is 2.46. The van der Waals surface area contributed by atoms with Crippen molar-refractivity contribution >= 4 is 23.3 Å². The molecule has 1 amide bonds. The predicted octanol–water partition coefficient (Wildman–Crippen LogP) is -2.90. The monoisotopic (exact) mass is 365 g/mol. The Morgan fingerprint density at radius 3 is 1.68 bits per heavy atom. The molecule has 0 aromatic carbocycles. The number of aliphatic hydroxyl groups is 4. The Morgan fingerprint density at radius 1 is 0.960 bits per heavy atom. The van der Waals surface area contributed by atoms with Gasteiger partial charge in [-0.2, -0.15) is 0 Å². The van der Waals surface area contributed by atoms with Gasteiger partial charge in [-0.05, 0) is 13.8 Å². The second-order valence-electron chi connectivity index (χ2n) is 5.94. The minimum atomic E-state index is -3.41. The molecule has 1 heterocycles. The fourth-order valence-electron chi connectivity index (χ4n) is 2.95. The Hall–Kier alpha value is -1.79. The summed E-state index contributed by atoms with van der Waals surface area (Å²) in [5.74, 6) is -8.28. The highest BCUT2D eigenvalue weighted by atomic mass is 19.1. The Labute approximate surface area is 141 Å². The van der Waals surface area contributed by atoms with Gasteiger partial charge < -0.3 is 30.5 Å². The van der Waals surface area contributed by atoms with Crippen LogP contribution in [0.25, 0.3) is 0 Å². The van der Waals surface area contributed by atoms with Gasteiger partial charge >= 0.3 is 0 Å². The van der Waals surface area contributed by atoms with Crippen molar-refractivity contribution in [1.82, 2.24) is 5.32 Å². The first-order chi connectivity index (χ1) is 11.2. The van der Waals surface area contributed by atoms with E-state index in [0.29, 0.717) is 13.8 Å². The average molecular weight is 365 g/mol. The molecule has 25 heavy (non-hydrogen) atoms. The van der Waals surface area contributed by atoms with Crippen molar-refractivity contribution in [2.24, 2.45) is 0 Å². The normalized spacial score (nSPS) is 39.4. The third-order valence-corrected chi connectivity index (χ3v) is 4.28. The highest BCUT2D eigenvalue weighted by Gasteiger charge is 2.76. The molecule has 0 spiro atoms. The van der Waals surface area contributed by atoms with E-state index in [1.165, 1.54) is 0 Å². The van der Waals surface area contributed by atoms with Crippen molar-refractivity contribution in [3.05, 3.63) is 0 Å². The molecule has 0 bridgehead atoms. The van der Waals surface area contributed by atoms with E-state index in [1.807, 2.05) is 5.32 Å². The second kappa shape index (κ2) is 6.50. The highest BCUT2D eigenvalue weighted by molar-refractivity contribution is 6.01. The minimum Gasteiger partial charge on any atom is -0.377 e. The SMILES string of the molecule is CC(=O)N[C@H]1[C@](O)(C(C)=O)O[C@H](C(O)F)[C@@](O)(C(C)=O)[C@@]1(O)C(C)=O. The minimum absolute atomic E-state index is 0.662. The lowest BCUT2D eigenvalue weighted by atomic mass is 9.64. The summed E-state index contributed by atoms with van der Waals surface area (Å²) in [4.78, 5) is 47.4. The summed E-state index contributed by atoms with van der Waals surface area (Å²) in [5, 5.41) is 43.1. The van der Waals surface area contributed by atoms with E-state index in [4.69, 9.17) is 4.74 Å². The zero-order valence-electron chi connectivity index (χ0n) is 13.9. The van der Waals surface area contributed by atoms with Crippen LogP contribution < -0.4 is 5.32 Å². The maximum atomic E-state index is 13.6. The maximum absolute atomic E-state index is 13.6. The lowest BCUT2D eigenvalue weighted by Crippen LogP contribution is -2.86. The summed E-state index contributed by atoms with van der Waals surface area (Å²) in [6, 6.07) is -2.36. The summed E-state index contributed by atoms with van der Waals surface area (Å²) in [5.41, 5.74) is -6.80. The number of carbonyl (C=O) groups is 4. The number of ether oxygens (including phenoxy) is 1. The van der Waals surface area contributed by atoms with Crippen LogP contribution in [0.15, 0.2) is 0 Å². The van der Waals surface area contributed by atoms with E-state index in [9.17, 15) is 44.0 Å². The molecule has 1 aliphatic rings. The van der Waals surface area contributed by atoms with E-state index in [-0.39, 0.29) is 0 Å².